The van der Waals surface area contributed by atoms with Crippen molar-refractivity contribution in [3.8, 4) is 0 Å². The molecule has 0 fully saturated rings. The summed E-state index contributed by atoms with van der Waals surface area (Å²) in [6, 6.07) is 16.4. The van der Waals surface area contributed by atoms with Crippen LogP contribution in [0.2, 0.25) is 15.1 Å². The van der Waals surface area contributed by atoms with E-state index in [0.29, 0.717) is 16.9 Å². The number of hydrogen-bond acceptors (Lipinski definition) is 4. The summed E-state index contributed by atoms with van der Waals surface area (Å²) < 4.78 is 0. The first kappa shape index (κ1) is 24.1. The molecule has 6 nitrogen and oxygen atoms in total. The second-order valence-corrected chi connectivity index (χ2v) is 8.98. The van der Waals surface area contributed by atoms with Gasteiger partial charge in [-0.3, -0.25) is 14.4 Å². The fourth-order valence-corrected chi connectivity index (χ4v) is 4.07. The van der Waals surface area contributed by atoms with Crippen molar-refractivity contribution in [2.24, 2.45) is 0 Å². The van der Waals surface area contributed by atoms with Gasteiger partial charge in [0, 0.05) is 16.9 Å². The summed E-state index contributed by atoms with van der Waals surface area (Å²) in [5.41, 5.74) is 2.32. The fourth-order valence-electron chi connectivity index (χ4n) is 3.24. The Hall–Kier alpha value is -3.03. The van der Waals surface area contributed by atoms with Gasteiger partial charge in [0.15, 0.2) is 0 Å². The lowest BCUT2D eigenvalue weighted by molar-refractivity contribution is -0.120. The predicted molar refractivity (Wildman–Crippen MR) is 136 cm³/mol. The number of rotatable bonds is 5. The van der Waals surface area contributed by atoms with Crippen molar-refractivity contribution in [1.82, 2.24) is 0 Å². The quantitative estimate of drug-likeness (QED) is 0.284. The molecule has 3 aromatic carbocycles. The molecule has 3 amide bonds. The maximum absolute atomic E-state index is 13.1. The summed E-state index contributed by atoms with van der Waals surface area (Å²) in [5, 5.41) is 5.65. The molecule has 0 bridgehead atoms. The Bertz CT molecular complexity index is 1370. The Morgan fingerprint density at radius 2 is 1.47 bits per heavy atom. The van der Waals surface area contributed by atoms with Crippen LogP contribution in [0.1, 0.15) is 15.9 Å². The molecule has 1 aliphatic heterocycles. The molecule has 0 atom stereocenters. The number of nitrogens with zero attached hydrogens (tertiary/aromatic N) is 1. The van der Waals surface area contributed by atoms with Gasteiger partial charge in [0.05, 0.1) is 20.8 Å². The highest BCUT2D eigenvalue weighted by molar-refractivity contribution is 6.54. The van der Waals surface area contributed by atoms with Crippen LogP contribution in [0.15, 0.2) is 71.4 Å². The zero-order valence-electron chi connectivity index (χ0n) is 17.5. The van der Waals surface area contributed by atoms with Crippen molar-refractivity contribution in [3.05, 3.63) is 97.6 Å². The number of hydrogen-bond donors (Lipinski definition) is 2. The number of carbonyl (C=O) groups is 3. The number of halogens is 4. The lowest BCUT2D eigenvalue weighted by atomic mass is 10.1. The molecule has 0 aliphatic carbocycles. The summed E-state index contributed by atoms with van der Waals surface area (Å²) in [4.78, 5) is 39.3. The van der Waals surface area contributed by atoms with Gasteiger partial charge >= 0.3 is 0 Å². The molecule has 10 heteroatoms. The molecule has 0 unspecified atom stereocenters. The Labute approximate surface area is 215 Å². The van der Waals surface area contributed by atoms with Crippen molar-refractivity contribution in [2.45, 2.75) is 6.92 Å². The van der Waals surface area contributed by atoms with Crippen LogP contribution in [-0.4, -0.2) is 17.7 Å². The lowest BCUT2D eigenvalue weighted by Gasteiger charge is -2.17. The topological polar surface area (TPSA) is 78.5 Å². The van der Waals surface area contributed by atoms with E-state index in [1.165, 1.54) is 18.2 Å². The first-order valence-electron chi connectivity index (χ1n) is 9.84. The van der Waals surface area contributed by atoms with E-state index in [-0.39, 0.29) is 37.4 Å². The first-order chi connectivity index (χ1) is 16.2. The maximum atomic E-state index is 13.1. The highest BCUT2D eigenvalue weighted by Gasteiger charge is 2.40. The van der Waals surface area contributed by atoms with Gasteiger partial charge in [0.2, 0.25) is 0 Å². The molecule has 2 N–H and O–H groups in total. The van der Waals surface area contributed by atoms with Gasteiger partial charge in [0.25, 0.3) is 17.7 Å². The minimum Gasteiger partial charge on any atom is -0.350 e. The molecule has 0 saturated carbocycles. The Morgan fingerprint density at radius 3 is 2.18 bits per heavy atom. The average Bonchev–Trinajstić information content (AvgIpc) is 3.01. The summed E-state index contributed by atoms with van der Waals surface area (Å²) in [6.45, 7) is 1.95. The number of benzene rings is 3. The van der Waals surface area contributed by atoms with E-state index in [2.05, 4.69) is 10.6 Å². The summed E-state index contributed by atoms with van der Waals surface area (Å²) in [6.07, 6.45) is 0. The number of anilines is 3. The van der Waals surface area contributed by atoms with Gasteiger partial charge < -0.3 is 10.6 Å². The standard InChI is InChI=1S/C24H15Cl4N3O3/c1-12-5-7-14(8-6-12)30-22(32)13-3-2-4-15(9-13)29-21-20(28)23(33)31(24(21)34)19-11-17(26)16(25)10-18(19)27/h2-11,29H,1H3,(H,30,32). The van der Waals surface area contributed by atoms with Gasteiger partial charge in [-0.25, -0.2) is 4.90 Å². The van der Waals surface area contributed by atoms with Crippen molar-refractivity contribution in [1.29, 1.82) is 0 Å². The van der Waals surface area contributed by atoms with Crippen molar-refractivity contribution in [2.75, 3.05) is 15.5 Å². The number of carbonyl (C=O) groups excluding carboxylic acids is 3. The molecular weight excluding hydrogens is 520 g/mol. The predicted octanol–water partition coefficient (Wildman–Crippen LogP) is 6.64. The van der Waals surface area contributed by atoms with Crippen molar-refractivity contribution < 1.29 is 14.4 Å². The van der Waals surface area contributed by atoms with Gasteiger partial charge in [-0.1, -0.05) is 70.2 Å². The second kappa shape index (κ2) is 9.68. The molecule has 1 heterocycles. The zero-order valence-corrected chi connectivity index (χ0v) is 20.5. The van der Waals surface area contributed by atoms with E-state index in [1.54, 1.807) is 30.3 Å². The normalized spacial score (nSPS) is 13.5. The Balaban J connectivity index is 1.56. The fraction of sp³-hybridized carbons (Fsp3) is 0.0417. The molecule has 0 saturated heterocycles. The summed E-state index contributed by atoms with van der Waals surface area (Å²) in [7, 11) is 0. The van der Waals surface area contributed by atoms with Crippen LogP contribution >= 0.6 is 46.4 Å². The van der Waals surface area contributed by atoms with Gasteiger partial charge in [-0.2, -0.15) is 0 Å². The number of nitrogens with one attached hydrogen (secondary N) is 2. The van der Waals surface area contributed by atoms with Crippen LogP contribution in [0.4, 0.5) is 17.1 Å². The average molecular weight is 535 g/mol. The van der Waals surface area contributed by atoms with E-state index in [4.69, 9.17) is 46.4 Å². The van der Waals surface area contributed by atoms with Crippen LogP contribution in [-0.2, 0) is 9.59 Å². The molecular formula is C24H15Cl4N3O3. The molecule has 3 aromatic rings. The SMILES string of the molecule is Cc1ccc(NC(=O)c2cccc(NC3=C(Cl)C(=O)N(c4cc(Cl)c(Cl)cc4Cl)C3=O)c2)cc1. The molecule has 0 spiro atoms. The highest BCUT2D eigenvalue weighted by Crippen LogP contribution is 2.38. The van der Waals surface area contributed by atoms with E-state index in [1.807, 2.05) is 19.1 Å². The second-order valence-electron chi connectivity index (χ2n) is 7.38. The molecule has 0 radical (unpaired) electrons. The molecule has 172 valence electrons. The molecule has 34 heavy (non-hydrogen) atoms. The Morgan fingerprint density at radius 1 is 0.794 bits per heavy atom. The van der Waals surface area contributed by atoms with Gasteiger partial charge in [-0.15, -0.1) is 0 Å². The molecule has 4 rings (SSSR count). The molecule has 0 aromatic heterocycles. The molecule has 1 aliphatic rings. The third-order valence-corrected chi connectivity index (χ3v) is 6.34. The third-order valence-electron chi connectivity index (χ3n) is 4.96. The monoisotopic (exact) mass is 533 g/mol. The largest absolute Gasteiger partial charge is 0.350 e. The van der Waals surface area contributed by atoms with Crippen molar-refractivity contribution in [3.63, 3.8) is 0 Å². The number of imide groups is 1. The zero-order chi connectivity index (χ0) is 24.6. The number of aryl methyl sites for hydroxylation is 1. The minimum atomic E-state index is -0.775. The van der Waals surface area contributed by atoms with Gasteiger partial charge in [-0.05, 0) is 49.4 Å². The van der Waals surface area contributed by atoms with E-state index < -0.39 is 11.8 Å². The van der Waals surface area contributed by atoms with E-state index in [0.717, 1.165) is 10.5 Å². The van der Waals surface area contributed by atoms with Crippen LogP contribution < -0.4 is 15.5 Å². The minimum absolute atomic E-state index is 0.0484. The van der Waals surface area contributed by atoms with Crippen LogP contribution in [0.3, 0.4) is 0 Å². The summed E-state index contributed by atoms with van der Waals surface area (Å²) in [5.74, 6) is -1.85. The highest BCUT2D eigenvalue weighted by atomic mass is 35.5. The van der Waals surface area contributed by atoms with Crippen molar-refractivity contribution >= 4 is 81.2 Å². The van der Waals surface area contributed by atoms with E-state index >= 15 is 0 Å². The first-order valence-corrected chi connectivity index (χ1v) is 11.3. The Kier molecular flexibility index (Phi) is 6.86. The summed E-state index contributed by atoms with van der Waals surface area (Å²) >= 11 is 24.3. The smallest absolute Gasteiger partial charge is 0.283 e. The van der Waals surface area contributed by atoms with E-state index in [9.17, 15) is 14.4 Å². The maximum Gasteiger partial charge on any atom is 0.283 e. The lowest BCUT2D eigenvalue weighted by Crippen LogP contribution is -2.32. The van der Waals surface area contributed by atoms with Crippen LogP contribution in [0.5, 0.6) is 0 Å². The van der Waals surface area contributed by atoms with Crippen LogP contribution in [0.25, 0.3) is 0 Å². The third kappa shape index (κ3) is 4.76. The number of amides is 3. The van der Waals surface area contributed by atoms with Crippen LogP contribution in [0, 0.1) is 6.92 Å². The van der Waals surface area contributed by atoms with Gasteiger partial charge in [0.1, 0.15) is 10.7 Å².